The van der Waals surface area contributed by atoms with E-state index in [1.165, 1.54) is 6.07 Å². The van der Waals surface area contributed by atoms with Gasteiger partial charge < -0.3 is 19.6 Å². The van der Waals surface area contributed by atoms with Crippen LogP contribution >= 0.6 is 15.9 Å². The minimum Gasteiger partial charge on any atom is -0.507 e. The van der Waals surface area contributed by atoms with Gasteiger partial charge in [-0.2, -0.15) is 0 Å². The molecule has 0 aromatic heterocycles. The summed E-state index contributed by atoms with van der Waals surface area (Å²) in [5.41, 5.74) is -0.282. The third-order valence-corrected chi connectivity index (χ3v) is 5.50. The minimum absolute atomic E-state index is 0.0130. The standard InChI is InChI=1S/C19H25BrN2O4/c1-18(2,3)26-17(25)22-9-7-19(12-22)6-8-21(11-19)16(24)14-10-13(20)4-5-15(14)23/h4-5,10,23H,6-9,11-12H2,1-3H3. The first-order chi connectivity index (χ1) is 12.1. The minimum atomic E-state index is -0.511. The van der Waals surface area contributed by atoms with Crippen molar-refractivity contribution < 1.29 is 19.4 Å². The lowest BCUT2D eigenvalue weighted by atomic mass is 9.86. The maximum Gasteiger partial charge on any atom is 0.410 e. The van der Waals surface area contributed by atoms with E-state index in [9.17, 15) is 14.7 Å². The van der Waals surface area contributed by atoms with Crippen LogP contribution in [0.4, 0.5) is 4.79 Å². The van der Waals surface area contributed by atoms with E-state index in [1.807, 2.05) is 20.8 Å². The molecule has 26 heavy (non-hydrogen) atoms. The van der Waals surface area contributed by atoms with E-state index in [4.69, 9.17) is 4.74 Å². The van der Waals surface area contributed by atoms with Crippen molar-refractivity contribution in [3.8, 4) is 5.75 Å². The van der Waals surface area contributed by atoms with E-state index < -0.39 is 5.60 Å². The fourth-order valence-electron chi connectivity index (χ4n) is 3.71. The van der Waals surface area contributed by atoms with Crippen molar-refractivity contribution in [2.75, 3.05) is 26.2 Å². The van der Waals surface area contributed by atoms with Gasteiger partial charge in [-0.25, -0.2) is 4.79 Å². The first-order valence-corrected chi connectivity index (χ1v) is 9.64. The number of ether oxygens (including phenoxy) is 1. The summed E-state index contributed by atoms with van der Waals surface area (Å²) < 4.78 is 6.22. The summed E-state index contributed by atoms with van der Waals surface area (Å²) in [6, 6.07) is 4.86. The molecule has 1 unspecified atom stereocenters. The highest BCUT2D eigenvalue weighted by Gasteiger charge is 2.46. The highest BCUT2D eigenvalue weighted by Crippen LogP contribution is 2.40. The summed E-state index contributed by atoms with van der Waals surface area (Å²) in [6.45, 7) is 8.06. The van der Waals surface area contributed by atoms with Gasteiger partial charge in [0.15, 0.2) is 0 Å². The number of phenols is 1. The molecule has 2 aliphatic heterocycles. The van der Waals surface area contributed by atoms with Crippen LogP contribution in [-0.4, -0.2) is 58.7 Å². The molecule has 0 bridgehead atoms. The van der Waals surface area contributed by atoms with Crippen LogP contribution in [0.3, 0.4) is 0 Å². The maximum absolute atomic E-state index is 12.8. The van der Waals surface area contributed by atoms with Crippen molar-refractivity contribution in [2.24, 2.45) is 5.41 Å². The zero-order valence-electron chi connectivity index (χ0n) is 15.4. The molecule has 1 atom stereocenters. The second kappa shape index (κ2) is 6.76. The van der Waals surface area contributed by atoms with Crippen molar-refractivity contribution in [3.05, 3.63) is 28.2 Å². The Morgan fingerprint density at radius 3 is 2.42 bits per heavy atom. The summed E-state index contributed by atoms with van der Waals surface area (Å²) in [5.74, 6) is -0.183. The molecule has 142 valence electrons. The summed E-state index contributed by atoms with van der Waals surface area (Å²) >= 11 is 3.34. The second-order valence-electron chi connectivity index (χ2n) is 8.29. The Hall–Kier alpha value is -1.76. The lowest BCUT2D eigenvalue weighted by Crippen LogP contribution is -2.38. The fraction of sp³-hybridized carbons (Fsp3) is 0.579. The fourth-order valence-corrected chi connectivity index (χ4v) is 4.07. The summed E-state index contributed by atoms with van der Waals surface area (Å²) in [4.78, 5) is 28.6. The monoisotopic (exact) mass is 424 g/mol. The molecule has 6 nitrogen and oxygen atoms in total. The largest absolute Gasteiger partial charge is 0.507 e. The molecule has 3 rings (SSSR count). The summed E-state index contributed by atoms with van der Waals surface area (Å²) in [5, 5.41) is 10.0. The van der Waals surface area contributed by atoms with Crippen LogP contribution < -0.4 is 0 Å². The van der Waals surface area contributed by atoms with Crippen LogP contribution in [0.15, 0.2) is 22.7 Å². The van der Waals surface area contributed by atoms with Crippen molar-refractivity contribution >= 4 is 27.9 Å². The number of nitrogens with zero attached hydrogens (tertiary/aromatic N) is 2. The SMILES string of the molecule is CC(C)(C)OC(=O)N1CCC2(CCN(C(=O)c3cc(Br)ccc3O)C2)C1. The summed E-state index contributed by atoms with van der Waals surface area (Å²) in [6.07, 6.45) is 1.43. The molecule has 1 aromatic carbocycles. The third kappa shape index (κ3) is 3.98. The molecule has 7 heteroatoms. The zero-order chi connectivity index (χ0) is 19.1. The van der Waals surface area contributed by atoms with Crippen LogP contribution in [0.25, 0.3) is 0 Å². The normalized spacial score (nSPS) is 22.9. The molecule has 0 saturated carbocycles. The lowest BCUT2D eigenvalue weighted by molar-refractivity contribution is 0.0274. The zero-order valence-corrected chi connectivity index (χ0v) is 17.0. The Labute approximate surface area is 162 Å². The quantitative estimate of drug-likeness (QED) is 0.746. The van der Waals surface area contributed by atoms with Gasteiger partial charge in [0, 0.05) is 36.1 Å². The predicted octanol–water partition coefficient (Wildman–Crippen LogP) is 3.63. The van der Waals surface area contributed by atoms with E-state index in [0.29, 0.717) is 31.7 Å². The number of hydrogen-bond acceptors (Lipinski definition) is 4. The van der Waals surface area contributed by atoms with Gasteiger partial charge in [0.2, 0.25) is 0 Å². The molecule has 1 aromatic rings. The van der Waals surface area contributed by atoms with Crippen molar-refractivity contribution in [3.63, 3.8) is 0 Å². The number of carbonyl (C=O) groups is 2. The number of rotatable bonds is 1. The van der Waals surface area contributed by atoms with Crippen LogP contribution in [0.1, 0.15) is 44.0 Å². The average molecular weight is 425 g/mol. The molecule has 2 fully saturated rings. The average Bonchev–Trinajstić information content (AvgIpc) is 3.15. The van der Waals surface area contributed by atoms with E-state index in [0.717, 1.165) is 17.3 Å². The van der Waals surface area contributed by atoms with Crippen molar-refractivity contribution in [1.29, 1.82) is 0 Å². The second-order valence-corrected chi connectivity index (χ2v) is 9.21. The molecular formula is C19H25BrN2O4. The topological polar surface area (TPSA) is 70.1 Å². The van der Waals surface area contributed by atoms with Crippen LogP contribution in [0.5, 0.6) is 5.75 Å². The Morgan fingerprint density at radius 2 is 1.77 bits per heavy atom. The molecule has 0 radical (unpaired) electrons. The van der Waals surface area contributed by atoms with Gasteiger partial charge in [0.1, 0.15) is 11.4 Å². The number of amides is 2. The molecule has 2 amide bonds. The number of hydrogen-bond donors (Lipinski definition) is 1. The molecule has 2 aliphatic rings. The van der Waals surface area contributed by atoms with Gasteiger partial charge in [-0.3, -0.25) is 4.79 Å². The van der Waals surface area contributed by atoms with E-state index in [2.05, 4.69) is 15.9 Å². The highest BCUT2D eigenvalue weighted by atomic mass is 79.9. The van der Waals surface area contributed by atoms with Gasteiger partial charge in [0.25, 0.3) is 5.91 Å². The Kier molecular flexibility index (Phi) is 4.94. The molecule has 0 aliphatic carbocycles. The summed E-state index contributed by atoms with van der Waals surface area (Å²) in [7, 11) is 0. The third-order valence-electron chi connectivity index (χ3n) is 5.00. The predicted molar refractivity (Wildman–Crippen MR) is 101 cm³/mol. The smallest absolute Gasteiger partial charge is 0.410 e. The first kappa shape index (κ1) is 19.0. The first-order valence-electron chi connectivity index (χ1n) is 8.84. The number of halogens is 1. The van der Waals surface area contributed by atoms with E-state index in [-0.39, 0.29) is 23.2 Å². The van der Waals surface area contributed by atoms with Crippen LogP contribution in [0.2, 0.25) is 0 Å². The Morgan fingerprint density at radius 1 is 1.15 bits per heavy atom. The van der Waals surface area contributed by atoms with Gasteiger partial charge in [-0.05, 0) is 51.8 Å². The molecule has 1 N–H and O–H groups in total. The highest BCUT2D eigenvalue weighted by molar-refractivity contribution is 9.10. The maximum atomic E-state index is 12.8. The Bertz CT molecular complexity index is 731. The number of carbonyl (C=O) groups excluding carboxylic acids is 2. The lowest BCUT2D eigenvalue weighted by Gasteiger charge is -2.27. The Balaban J connectivity index is 1.66. The van der Waals surface area contributed by atoms with Gasteiger partial charge in [-0.1, -0.05) is 15.9 Å². The van der Waals surface area contributed by atoms with Crippen molar-refractivity contribution in [2.45, 2.75) is 39.2 Å². The van der Waals surface area contributed by atoms with E-state index in [1.54, 1.807) is 21.9 Å². The molecular weight excluding hydrogens is 400 g/mol. The molecule has 1 spiro atoms. The number of likely N-dealkylation sites (tertiary alicyclic amines) is 2. The van der Waals surface area contributed by atoms with Crippen LogP contribution in [-0.2, 0) is 4.74 Å². The number of benzene rings is 1. The van der Waals surface area contributed by atoms with E-state index >= 15 is 0 Å². The molecule has 2 heterocycles. The number of aromatic hydroxyl groups is 1. The number of phenolic OH excluding ortho intramolecular Hbond substituents is 1. The van der Waals surface area contributed by atoms with Gasteiger partial charge in [-0.15, -0.1) is 0 Å². The van der Waals surface area contributed by atoms with Crippen molar-refractivity contribution in [1.82, 2.24) is 9.80 Å². The van der Waals surface area contributed by atoms with Crippen LogP contribution in [0, 0.1) is 5.41 Å². The molecule has 2 saturated heterocycles. The van der Waals surface area contributed by atoms with Gasteiger partial charge in [0.05, 0.1) is 5.56 Å². The van der Waals surface area contributed by atoms with Gasteiger partial charge >= 0.3 is 6.09 Å².